The van der Waals surface area contributed by atoms with Gasteiger partial charge >= 0.3 is 0 Å². The largest absolute Gasteiger partial charge is 0.484 e. The van der Waals surface area contributed by atoms with Crippen LogP contribution in [0.4, 0.5) is 0 Å². The van der Waals surface area contributed by atoms with Gasteiger partial charge in [-0.25, -0.2) is 4.98 Å². The molecule has 0 saturated heterocycles. The summed E-state index contributed by atoms with van der Waals surface area (Å²) in [6.45, 7) is 2.88. The smallest absolute Gasteiger partial charge is 0.261 e. The first-order valence-corrected chi connectivity index (χ1v) is 9.57. The number of carbonyl (C=O) groups is 1. The Morgan fingerprint density at radius 3 is 3.00 bits per heavy atom. The van der Waals surface area contributed by atoms with Crippen molar-refractivity contribution in [1.29, 1.82) is 0 Å². The highest BCUT2D eigenvalue weighted by Crippen LogP contribution is 2.24. The van der Waals surface area contributed by atoms with Crippen LogP contribution in [-0.2, 0) is 17.8 Å². The van der Waals surface area contributed by atoms with Crippen LogP contribution in [-0.4, -0.2) is 28.1 Å². The Morgan fingerprint density at radius 2 is 2.15 bits per heavy atom. The van der Waals surface area contributed by atoms with E-state index in [0.717, 1.165) is 38.1 Å². The van der Waals surface area contributed by atoms with Crippen molar-refractivity contribution in [3.8, 4) is 5.75 Å². The standard InChI is InChI=1S/C20H25N3O3/c1-13-5-2-3-6-16(13)22-19(24)12-26-14-8-9-17-15(11-14)20(25)23-10-4-7-18(23)21-17/h8-9,11,13,16H,2-7,10,12H2,1H3,(H,22,24)/t13-,16-/m0/s1. The fourth-order valence-corrected chi connectivity index (χ4v) is 4.08. The number of benzene rings is 1. The van der Waals surface area contributed by atoms with Crippen LogP contribution in [0.15, 0.2) is 23.0 Å². The molecule has 1 saturated carbocycles. The summed E-state index contributed by atoms with van der Waals surface area (Å²) < 4.78 is 7.38. The molecule has 2 heterocycles. The lowest BCUT2D eigenvalue weighted by molar-refractivity contribution is -0.124. The van der Waals surface area contributed by atoms with Gasteiger partial charge in [0.2, 0.25) is 0 Å². The van der Waals surface area contributed by atoms with E-state index in [1.54, 1.807) is 22.8 Å². The van der Waals surface area contributed by atoms with Crippen LogP contribution in [0, 0.1) is 5.92 Å². The maximum Gasteiger partial charge on any atom is 0.261 e. The molecule has 1 aromatic carbocycles. The van der Waals surface area contributed by atoms with Crippen LogP contribution in [0.2, 0.25) is 0 Å². The fraction of sp³-hybridized carbons (Fsp3) is 0.550. The molecule has 0 spiro atoms. The Hall–Kier alpha value is -2.37. The topological polar surface area (TPSA) is 73.2 Å². The summed E-state index contributed by atoms with van der Waals surface area (Å²) in [5.74, 6) is 1.80. The molecule has 1 amide bonds. The molecule has 1 N–H and O–H groups in total. The van der Waals surface area contributed by atoms with Crippen LogP contribution in [0.3, 0.4) is 0 Å². The van der Waals surface area contributed by atoms with Crippen molar-refractivity contribution in [1.82, 2.24) is 14.9 Å². The highest BCUT2D eigenvalue weighted by atomic mass is 16.5. The maximum absolute atomic E-state index is 12.6. The van der Waals surface area contributed by atoms with Gasteiger partial charge < -0.3 is 10.1 Å². The highest BCUT2D eigenvalue weighted by molar-refractivity contribution is 5.80. The van der Waals surface area contributed by atoms with Gasteiger partial charge in [0.1, 0.15) is 11.6 Å². The Balaban J connectivity index is 1.44. The lowest BCUT2D eigenvalue weighted by Crippen LogP contribution is -2.43. The molecule has 2 aromatic rings. The number of nitrogens with one attached hydrogen (secondary N) is 1. The van der Waals surface area contributed by atoms with Crippen LogP contribution in [0.25, 0.3) is 10.9 Å². The van der Waals surface area contributed by atoms with Crippen LogP contribution >= 0.6 is 0 Å². The Morgan fingerprint density at radius 1 is 1.31 bits per heavy atom. The van der Waals surface area contributed by atoms with Crippen molar-refractivity contribution in [3.05, 3.63) is 34.4 Å². The summed E-state index contributed by atoms with van der Waals surface area (Å²) >= 11 is 0. The molecule has 4 rings (SSSR count). The summed E-state index contributed by atoms with van der Waals surface area (Å²) in [6, 6.07) is 5.52. The van der Waals surface area contributed by atoms with Crippen LogP contribution in [0.1, 0.15) is 44.9 Å². The molecule has 138 valence electrons. The highest BCUT2D eigenvalue weighted by Gasteiger charge is 2.23. The molecule has 6 heteroatoms. The number of hydrogen-bond acceptors (Lipinski definition) is 4. The Kier molecular flexibility index (Phi) is 4.66. The van der Waals surface area contributed by atoms with Crippen molar-refractivity contribution in [2.75, 3.05) is 6.61 Å². The third-order valence-electron chi connectivity index (χ3n) is 5.61. The Labute approximate surface area is 152 Å². The normalized spacial score (nSPS) is 22.2. The number of amides is 1. The molecule has 2 aliphatic rings. The third-order valence-corrected chi connectivity index (χ3v) is 5.61. The SMILES string of the molecule is C[C@H]1CCCC[C@@H]1NC(=O)COc1ccc2nc3n(c(=O)c2c1)CCC3. The first kappa shape index (κ1) is 17.1. The average Bonchev–Trinajstić information content (AvgIpc) is 3.11. The van der Waals surface area contributed by atoms with E-state index in [-0.39, 0.29) is 24.1 Å². The number of hydrogen-bond donors (Lipinski definition) is 1. The lowest BCUT2D eigenvalue weighted by Gasteiger charge is -2.29. The van der Waals surface area contributed by atoms with Crippen molar-refractivity contribution in [2.45, 2.75) is 58.0 Å². The predicted octanol–water partition coefficient (Wildman–Crippen LogP) is 2.42. The second-order valence-electron chi connectivity index (χ2n) is 7.49. The molecule has 6 nitrogen and oxygen atoms in total. The van der Waals surface area contributed by atoms with E-state index in [2.05, 4.69) is 17.2 Å². The zero-order chi connectivity index (χ0) is 18.1. The fourth-order valence-electron chi connectivity index (χ4n) is 4.08. The number of ether oxygens (including phenoxy) is 1. The van der Waals surface area contributed by atoms with E-state index >= 15 is 0 Å². The first-order valence-electron chi connectivity index (χ1n) is 9.57. The molecule has 1 fully saturated rings. The number of aromatic nitrogens is 2. The van der Waals surface area contributed by atoms with Crippen LogP contribution in [0.5, 0.6) is 5.75 Å². The predicted molar refractivity (Wildman–Crippen MR) is 99.4 cm³/mol. The van der Waals surface area contributed by atoms with Crippen molar-refractivity contribution in [2.24, 2.45) is 5.92 Å². The van der Waals surface area contributed by atoms with Gasteiger partial charge in [0.15, 0.2) is 6.61 Å². The molecule has 1 aliphatic heterocycles. The molecule has 1 aromatic heterocycles. The van der Waals surface area contributed by atoms with Gasteiger partial charge in [-0.15, -0.1) is 0 Å². The van der Waals surface area contributed by atoms with E-state index in [0.29, 0.717) is 22.6 Å². The molecular formula is C20H25N3O3. The Bertz CT molecular complexity index is 890. The molecular weight excluding hydrogens is 330 g/mol. The minimum absolute atomic E-state index is 0.0200. The van der Waals surface area contributed by atoms with Crippen molar-refractivity contribution < 1.29 is 9.53 Å². The average molecular weight is 355 g/mol. The summed E-state index contributed by atoms with van der Waals surface area (Å²) in [6.07, 6.45) is 6.43. The zero-order valence-corrected chi connectivity index (χ0v) is 15.2. The van der Waals surface area contributed by atoms with E-state index in [1.165, 1.54) is 12.8 Å². The minimum Gasteiger partial charge on any atom is -0.484 e. The van der Waals surface area contributed by atoms with E-state index in [1.807, 2.05) is 0 Å². The summed E-state index contributed by atoms with van der Waals surface area (Å²) in [7, 11) is 0. The molecule has 0 unspecified atom stereocenters. The second kappa shape index (κ2) is 7.09. The van der Waals surface area contributed by atoms with Crippen molar-refractivity contribution in [3.63, 3.8) is 0 Å². The first-order chi connectivity index (χ1) is 12.6. The summed E-state index contributed by atoms with van der Waals surface area (Å²) in [4.78, 5) is 29.4. The van der Waals surface area contributed by atoms with Crippen LogP contribution < -0.4 is 15.6 Å². The summed E-state index contributed by atoms with van der Waals surface area (Å²) in [5.41, 5.74) is 0.671. The van der Waals surface area contributed by atoms with E-state index < -0.39 is 0 Å². The lowest BCUT2D eigenvalue weighted by atomic mass is 9.86. The molecule has 0 radical (unpaired) electrons. The molecule has 0 bridgehead atoms. The molecule has 1 aliphatic carbocycles. The third kappa shape index (κ3) is 3.32. The van der Waals surface area contributed by atoms with Gasteiger partial charge in [0.05, 0.1) is 10.9 Å². The van der Waals surface area contributed by atoms with Gasteiger partial charge in [-0.2, -0.15) is 0 Å². The van der Waals surface area contributed by atoms with E-state index in [4.69, 9.17) is 4.74 Å². The monoisotopic (exact) mass is 355 g/mol. The minimum atomic E-state index is -0.104. The van der Waals surface area contributed by atoms with Gasteiger partial charge in [0.25, 0.3) is 11.5 Å². The zero-order valence-electron chi connectivity index (χ0n) is 15.2. The second-order valence-corrected chi connectivity index (χ2v) is 7.49. The number of rotatable bonds is 4. The summed E-state index contributed by atoms with van der Waals surface area (Å²) in [5, 5.41) is 3.63. The maximum atomic E-state index is 12.6. The number of fused-ring (bicyclic) bond motifs is 2. The number of carbonyl (C=O) groups excluding carboxylic acids is 1. The van der Waals surface area contributed by atoms with Gasteiger partial charge in [-0.1, -0.05) is 19.8 Å². The van der Waals surface area contributed by atoms with E-state index in [9.17, 15) is 9.59 Å². The number of nitrogens with zero attached hydrogens (tertiary/aromatic N) is 2. The quantitative estimate of drug-likeness (QED) is 0.914. The van der Waals surface area contributed by atoms with Gasteiger partial charge in [0, 0.05) is 19.0 Å². The van der Waals surface area contributed by atoms with Gasteiger partial charge in [-0.3, -0.25) is 14.2 Å². The molecule has 2 atom stereocenters. The van der Waals surface area contributed by atoms with Gasteiger partial charge in [-0.05, 0) is 43.4 Å². The molecule has 26 heavy (non-hydrogen) atoms. The van der Waals surface area contributed by atoms with Crippen molar-refractivity contribution >= 4 is 16.8 Å². The number of aryl methyl sites for hydroxylation is 1.